The van der Waals surface area contributed by atoms with Gasteiger partial charge in [-0.3, -0.25) is 20.4 Å². The first kappa shape index (κ1) is 18.1. The van der Waals surface area contributed by atoms with Crippen molar-refractivity contribution in [1.29, 1.82) is 0 Å². The van der Waals surface area contributed by atoms with Crippen molar-refractivity contribution in [2.24, 2.45) is 0 Å². The number of carboxylic acids is 1. The molecule has 0 radical (unpaired) electrons. The molecule has 0 saturated carbocycles. The van der Waals surface area contributed by atoms with Crippen LogP contribution in [-0.2, 0) is 9.59 Å². The second kappa shape index (κ2) is 9.12. The summed E-state index contributed by atoms with van der Waals surface area (Å²) in [6, 6.07) is 16.5. The number of carboxylic acid groups (broad SMARTS) is 1. The number of benzene rings is 2. The maximum absolute atomic E-state index is 11.9. The quantitative estimate of drug-likeness (QED) is 0.643. The fraction of sp³-hybridized carbons (Fsp3) is 0.158. The Balaban J connectivity index is 1.90. The summed E-state index contributed by atoms with van der Waals surface area (Å²) in [5.41, 5.74) is 7.65. The van der Waals surface area contributed by atoms with Crippen molar-refractivity contribution >= 4 is 17.6 Å². The maximum Gasteiger partial charge on any atom is 0.307 e. The molecule has 1 amide bonds. The van der Waals surface area contributed by atoms with Gasteiger partial charge in [0.05, 0.1) is 12.1 Å². The van der Waals surface area contributed by atoms with Crippen LogP contribution in [0.15, 0.2) is 60.7 Å². The lowest BCUT2D eigenvalue weighted by Gasteiger charge is -2.13. The normalized spacial score (nSPS) is 10.8. The lowest BCUT2D eigenvalue weighted by Crippen LogP contribution is -2.39. The largest absolute Gasteiger partial charge is 0.484 e. The Morgan fingerprint density at radius 3 is 2.36 bits per heavy atom. The average molecular weight is 340 g/mol. The van der Waals surface area contributed by atoms with Gasteiger partial charge in [-0.1, -0.05) is 48.0 Å². The van der Waals surface area contributed by atoms with Gasteiger partial charge in [-0.25, -0.2) is 0 Å². The van der Waals surface area contributed by atoms with E-state index in [1.165, 1.54) is 6.08 Å². The molecule has 130 valence electrons. The summed E-state index contributed by atoms with van der Waals surface area (Å²) in [5, 5.41) is 8.84. The van der Waals surface area contributed by atoms with Gasteiger partial charge in [0.2, 0.25) is 0 Å². The summed E-state index contributed by atoms with van der Waals surface area (Å²) >= 11 is 0. The van der Waals surface area contributed by atoms with Gasteiger partial charge in [0.15, 0.2) is 6.61 Å². The average Bonchev–Trinajstić information content (AvgIpc) is 2.62. The summed E-state index contributed by atoms with van der Waals surface area (Å²) in [4.78, 5) is 22.7. The molecule has 2 aromatic carbocycles. The van der Waals surface area contributed by atoms with Crippen LogP contribution in [0.2, 0.25) is 0 Å². The second-order valence-corrected chi connectivity index (χ2v) is 5.36. The minimum atomic E-state index is -0.954. The Hall–Kier alpha value is -3.28. The van der Waals surface area contributed by atoms with Crippen molar-refractivity contribution in [2.45, 2.75) is 13.3 Å². The van der Waals surface area contributed by atoms with Gasteiger partial charge in [0.1, 0.15) is 5.75 Å². The Labute approximate surface area is 146 Å². The van der Waals surface area contributed by atoms with Crippen LogP contribution in [0.3, 0.4) is 0 Å². The highest BCUT2D eigenvalue weighted by molar-refractivity contribution is 5.79. The molecule has 0 aliphatic rings. The van der Waals surface area contributed by atoms with E-state index in [1.54, 1.807) is 12.1 Å². The molecule has 0 aromatic heterocycles. The first-order chi connectivity index (χ1) is 12.0. The van der Waals surface area contributed by atoms with Crippen molar-refractivity contribution in [1.82, 2.24) is 10.9 Å². The molecule has 0 saturated heterocycles. The fourth-order valence-electron chi connectivity index (χ4n) is 2.00. The predicted octanol–water partition coefficient (Wildman–Crippen LogP) is 2.51. The zero-order valence-corrected chi connectivity index (χ0v) is 13.9. The second-order valence-electron chi connectivity index (χ2n) is 5.36. The smallest absolute Gasteiger partial charge is 0.307 e. The van der Waals surface area contributed by atoms with Gasteiger partial charge in [0.25, 0.3) is 5.91 Å². The Morgan fingerprint density at radius 2 is 1.72 bits per heavy atom. The van der Waals surface area contributed by atoms with Crippen LogP contribution in [0.4, 0.5) is 0 Å². The number of amides is 1. The van der Waals surface area contributed by atoms with Gasteiger partial charge < -0.3 is 9.84 Å². The SMILES string of the molecule is Cc1ccc(OCC(=O)NNC(=CCC(=O)O)c2ccccc2)cc1. The molecule has 6 heteroatoms. The van der Waals surface area contributed by atoms with E-state index in [0.717, 1.165) is 11.1 Å². The number of carbonyl (C=O) groups excluding carboxylic acids is 1. The molecule has 0 atom stereocenters. The minimum absolute atomic E-state index is 0.156. The van der Waals surface area contributed by atoms with Crippen LogP contribution in [0.25, 0.3) is 5.70 Å². The van der Waals surface area contributed by atoms with Crippen molar-refractivity contribution in [3.8, 4) is 5.75 Å². The molecule has 25 heavy (non-hydrogen) atoms. The van der Waals surface area contributed by atoms with E-state index in [0.29, 0.717) is 11.4 Å². The van der Waals surface area contributed by atoms with Gasteiger partial charge >= 0.3 is 5.97 Å². The molecule has 0 aliphatic carbocycles. The molecule has 2 aromatic rings. The Kier molecular flexibility index (Phi) is 6.59. The molecular weight excluding hydrogens is 320 g/mol. The number of hydrogen-bond donors (Lipinski definition) is 3. The third kappa shape index (κ3) is 6.39. The van der Waals surface area contributed by atoms with Crippen LogP contribution >= 0.6 is 0 Å². The topological polar surface area (TPSA) is 87.7 Å². The standard InChI is InChI=1S/C19H20N2O4/c1-14-7-9-16(10-8-14)25-13-18(22)21-20-17(11-12-19(23)24)15-5-3-2-4-6-15/h2-11,20H,12-13H2,1H3,(H,21,22)(H,23,24). The van der Waals surface area contributed by atoms with Crippen LogP contribution in [0, 0.1) is 6.92 Å². The van der Waals surface area contributed by atoms with Crippen molar-refractivity contribution in [3.63, 3.8) is 0 Å². The summed E-state index contributed by atoms with van der Waals surface area (Å²) in [7, 11) is 0. The number of hydrogen-bond acceptors (Lipinski definition) is 4. The van der Waals surface area contributed by atoms with E-state index in [2.05, 4.69) is 10.9 Å². The molecular formula is C19H20N2O4. The number of nitrogens with one attached hydrogen (secondary N) is 2. The number of hydrazine groups is 1. The number of aliphatic carboxylic acids is 1. The summed E-state index contributed by atoms with van der Waals surface area (Å²) in [5.74, 6) is -0.729. The predicted molar refractivity (Wildman–Crippen MR) is 94.6 cm³/mol. The molecule has 3 N–H and O–H groups in total. The highest BCUT2D eigenvalue weighted by atomic mass is 16.5. The van der Waals surface area contributed by atoms with E-state index in [4.69, 9.17) is 9.84 Å². The molecule has 0 fully saturated rings. The zero-order chi connectivity index (χ0) is 18.1. The van der Waals surface area contributed by atoms with Crippen molar-refractivity contribution < 1.29 is 19.4 Å². The Morgan fingerprint density at radius 1 is 1.04 bits per heavy atom. The Bertz CT molecular complexity index is 740. The molecule has 0 unspecified atom stereocenters. The van der Waals surface area contributed by atoms with Gasteiger partial charge in [-0.15, -0.1) is 0 Å². The lowest BCUT2D eigenvalue weighted by molar-refractivity contribution is -0.136. The molecule has 0 aliphatic heterocycles. The van der Waals surface area contributed by atoms with Crippen LogP contribution in [0.5, 0.6) is 5.75 Å². The fourth-order valence-corrected chi connectivity index (χ4v) is 2.00. The van der Waals surface area contributed by atoms with Gasteiger partial charge in [0, 0.05) is 0 Å². The number of aryl methyl sites for hydroxylation is 1. The van der Waals surface area contributed by atoms with Crippen LogP contribution in [-0.4, -0.2) is 23.6 Å². The number of carbonyl (C=O) groups is 2. The minimum Gasteiger partial charge on any atom is -0.484 e. The monoisotopic (exact) mass is 340 g/mol. The first-order valence-electron chi connectivity index (χ1n) is 7.76. The molecule has 0 spiro atoms. The van der Waals surface area contributed by atoms with E-state index < -0.39 is 5.97 Å². The summed E-state index contributed by atoms with van der Waals surface area (Å²) in [6.07, 6.45) is 1.34. The van der Waals surface area contributed by atoms with E-state index in [1.807, 2.05) is 49.4 Å². The van der Waals surface area contributed by atoms with Crippen molar-refractivity contribution in [3.05, 3.63) is 71.8 Å². The summed E-state index contributed by atoms with van der Waals surface area (Å²) in [6.45, 7) is 1.81. The third-order valence-electron chi connectivity index (χ3n) is 3.29. The van der Waals surface area contributed by atoms with E-state index >= 15 is 0 Å². The highest BCUT2D eigenvalue weighted by Gasteiger charge is 2.06. The number of rotatable bonds is 8. The van der Waals surface area contributed by atoms with E-state index in [-0.39, 0.29) is 18.9 Å². The first-order valence-corrected chi connectivity index (χ1v) is 7.76. The molecule has 2 rings (SSSR count). The van der Waals surface area contributed by atoms with E-state index in [9.17, 15) is 9.59 Å². The highest BCUT2D eigenvalue weighted by Crippen LogP contribution is 2.12. The molecule has 0 heterocycles. The lowest BCUT2D eigenvalue weighted by atomic mass is 10.1. The van der Waals surface area contributed by atoms with Crippen LogP contribution in [0.1, 0.15) is 17.5 Å². The zero-order valence-electron chi connectivity index (χ0n) is 13.9. The summed E-state index contributed by atoms with van der Waals surface area (Å²) < 4.78 is 5.39. The maximum atomic E-state index is 11.9. The third-order valence-corrected chi connectivity index (χ3v) is 3.29. The van der Waals surface area contributed by atoms with Gasteiger partial charge in [-0.2, -0.15) is 0 Å². The van der Waals surface area contributed by atoms with Crippen LogP contribution < -0.4 is 15.6 Å². The van der Waals surface area contributed by atoms with Crippen molar-refractivity contribution in [2.75, 3.05) is 6.61 Å². The number of ether oxygens (including phenoxy) is 1. The molecule has 6 nitrogen and oxygen atoms in total. The van der Waals surface area contributed by atoms with Gasteiger partial charge in [-0.05, 0) is 30.7 Å². The molecule has 0 bridgehead atoms.